The van der Waals surface area contributed by atoms with E-state index in [4.69, 9.17) is 16.3 Å². The zero-order valence-electron chi connectivity index (χ0n) is 15.6. The van der Waals surface area contributed by atoms with Gasteiger partial charge in [-0.15, -0.1) is 5.10 Å². The molecule has 0 aliphatic heterocycles. The number of phenolic OH excluding ortho intramolecular Hbond substituents is 1. The molecule has 3 N–H and O–H groups in total. The van der Waals surface area contributed by atoms with Crippen LogP contribution in [0.25, 0.3) is 11.4 Å². The Balaban J connectivity index is 1.62. The summed E-state index contributed by atoms with van der Waals surface area (Å²) in [6.07, 6.45) is 0. The number of aromatic nitrogens is 3. The highest BCUT2D eigenvalue weighted by atomic mass is 79.9. The van der Waals surface area contributed by atoms with Crippen molar-refractivity contribution >= 4 is 56.9 Å². The number of nitrogens with one attached hydrogen (secondary N) is 2. The zero-order chi connectivity index (χ0) is 21.7. The maximum atomic E-state index is 12.3. The number of halogens is 2. The molecule has 0 bridgehead atoms. The maximum Gasteiger partial charge on any atom is 0.339 e. The minimum Gasteiger partial charge on any atom is -0.507 e. The Kier molecular flexibility index (Phi) is 7.35. The standard InChI is InChI=1S/C19H16BrClN4O4S/c1-2-29-18(28)12-8-11(4-5-14(12)21)22-16(27)9-30-19-23-17(24-25-19)13-7-10(20)3-6-15(13)26/h3-8,26H,2,9H2,1H3,(H,22,27)(H,23,24,25). The van der Waals surface area contributed by atoms with Crippen molar-refractivity contribution in [1.29, 1.82) is 0 Å². The van der Waals surface area contributed by atoms with E-state index in [2.05, 4.69) is 36.4 Å². The molecule has 0 unspecified atom stereocenters. The molecule has 0 radical (unpaired) electrons. The van der Waals surface area contributed by atoms with Gasteiger partial charge in [-0.1, -0.05) is 39.3 Å². The lowest BCUT2D eigenvalue weighted by Gasteiger charge is -2.08. The Morgan fingerprint density at radius 3 is 2.87 bits per heavy atom. The molecule has 0 aliphatic rings. The first-order valence-corrected chi connectivity index (χ1v) is 10.8. The highest BCUT2D eigenvalue weighted by Gasteiger charge is 2.15. The number of esters is 1. The second kappa shape index (κ2) is 9.96. The quantitative estimate of drug-likeness (QED) is 0.316. The number of ether oxygens (including phenoxy) is 1. The number of rotatable bonds is 7. The first-order chi connectivity index (χ1) is 14.4. The van der Waals surface area contributed by atoms with Crippen LogP contribution in [0.1, 0.15) is 17.3 Å². The number of hydrogen-bond donors (Lipinski definition) is 3. The van der Waals surface area contributed by atoms with Crippen molar-refractivity contribution in [3.8, 4) is 17.1 Å². The lowest BCUT2D eigenvalue weighted by atomic mass is 10.2. The van der Waals surface area contributed by atoms with Gasteiger partial charge >= 0.3 is 5.97 Å². The van der Waals surface area contributed by atoms with E-state index in [9.17, 15) is 14.7 Å². The Hall–Kier alpha value is -2.56. The second-order valence-electron chi connectivity index (χ2n) is 5.88. The molecular weight excluding hydrogens is 496 g/mol. The average Bonchev–Trinajstić information content (AvgIpc) is 3.18. The highest BCUT2D eigenvalue weighted by molar-refractivity contribution is 9.10. The molecule has 1 amide bonds. The minimum absolute atomic E-state index is 0.0408. The number of anilines is 1. The monoisotopic (exact) mass is 510 g/mol. The molecule has 156 valence electrons. The van der Waals surface area contributed by atoms with E-state index in [1.165, 1.54) is 12.1 Å². The van der Waals surface area contributed by atoms with Crippen LogP contribution in [-0.2, 0) is 9.53 Å². The molecule has 0 atom stereocenters. The molecule has 3 rings (SSSR count). The van der Waals surface area contributed by atoms with Gasteiger partial charge in [-0.05, 0) is 43.3 Å². The van der Waals surface area contributed by atoms with Crippen molar-refractivity contribution in [1.82, 2.24) is 15.2 Å². The van der Waals surface area contributed by atoms with E-state index in [0.29, 0.717) is 22.2 Å². The summed E-state index contributed by atoms with van der Waals surface area (Å²) >= 11 is 10.5. The molecule has 0 spiro atoms. The van der Waals surface area contributed by atoms with Crippen molar-refractivity contribution in [2.45, 2.75) is 12.1 Å². The second-order valence-corrected chi connectivity index (χ2v) is 8.15. The van der Waals surface area contributed by atoms with Crippen LogP contribution >= 0.6 is 39.3 Å². The smallest absolute Gasteiger partial charge is 0.339 e. The average molecular weight is 512 g/mol. The van der Waals surface area contributed by atoms with Crippen LogP contribution in [0, 0.1) is 0 Å². The maximum absolute atomic E-state index is 12.3. The Morgan fingerprint density at radius 1 is 1.30 bits per heavy atom. The number of benzene rings is 2. The van der Waals surface area contributed by atoms with Gasteiger partial charge in [-0.3, -0.25) is 9.89 Å². The van der Waals surface area contributed by atoms with E-state index in [0.717, 1.165) is 16.2 Å². The van der Waals surface area contributed by atoms with Crippen molar-refractivity contribution in [3.05, 3.63) is 51.5 Å². The predicted octanol–water partition coefficient (Wildman–Crippen LogP) is 4.50. The van der Waals surface area contributed by atoms with Crippen molar-refractivity contribution in [2.75, 3.05) is 17.7 Å². The summed E-state index contributed by atoms with van der Waals surface area (Å²) in [6.45, 7) is 1.92. The minimum atomic E-state index is -0.558. The van der Waals surface area contributed by atoms with Crippen LogP contribution in [0.2, 0.25) is 5.02 Å². The number of hydrogen-bond acceptors (Lipinski definition) is 7. The molecule has 3 aromatic rings. The van der Waals surface area contributed by atoms with Gasteiger partial charge in [0.1, 0.15) is 5.75 Å². The van der Waals surface area contributed by atoms with Crippen LogP contribution in [0.15, 0.2) is 46.0 Å². The number of thioether (sulfide) groups is 1. The van der Waals surface area contributed by atoms with Gasteiger partial charge < -0.3 is 15.2 Å². The number of phenols is 1. The summed E-state index contributed by atoms with van der Waals surface area (Å²) in [5.41, 5.74) is 1.08. The number of amides is 1. The summed E-state index contributed by atoms with van der Waals surface area (Å²) in [4.78, 5) is 28.5. The fourth-order valence-corrected chi connectivity index (χ4v) is 3.58. The van der Waals surface area contributed by atoms with E-state index >= 15 is 0 Å². The van der Waals surface area contributed by atoms with Crippen LogP contribution in [0.4, 0.5) is 5.69 Å². The fourth-order valence-electron chi connectivity index (χ4n) is 2.42. The largest absolute Gasteiger partial charge is 0.507 e. The summed E-state index contributed by atoms with van der Waals surface area (Å²) in [7, 11) is 0. The number of H-pyrrole nitrogens is 1. The topological polar surface area (TPSA) is 117 Å². The van der Waals surface area contributed by atoms with Gasteiger partial charge in [0.2, 0.25) is 11.1 Å². The van der Waals surface area contributed by atoms with Crippen LogP contribution in [-0.4, -0.2) is 44.5 Å². The summed E-state index contributed by atoms with van der Waals surface area (Å²) in [5.74, 6) is -0.387. The fraction of sp³-hybridized carbons (Fsp3) is 0.158. The molecule has 1 heterocycles. The summed E-state index contributed by atoms with van der Waals surface area (Å²) < 4.78 is 5.73. The zero-order valence-corrected chi connectivity index (χ0v) is 18.8. The van der Waals surface area contributed by atoms with E-state index in [1.54, 1.807) is 31.2 Å². The third-order valence-corrected chi connectivity index (χ3v) is 5.43. The third-order valence-electron chi connectivity index (χ3n) is 3.76. The van der Waals surface area contributed by atoms with Gasteiger partial charge in [0.25, 0.3) is 0 Å². The van der Waals surface area contributed by atoms with E-state index < -0.39 is 5.97 Å². The third kappa shape index (κ3) is 5.53. The summed E-state index contributed by atoms with van der Waals surface area (Å²) in [6, 6.07) is 9.53. The SMILES string of the molecule is CCOC(=O)c1cc(NC(=O)CSc2n[nH]c(-c3cc(Br)ccc3O)n2)ccc1Cl. The molecule has 0 saturated carbocycles. The Morgan fingerprint density at radius 2 is 2.10 bits per heavy atom. The van der Waals surface area contributed by atoms with Crippen molar-refractivity contribution in [2.24, 2.45) is 0 Å². The number of aromatic hydroxyl groups is 1. The molecule has 11 heteroatoms. The predicted molar refractivity (Wildman–Crippen MR) is 118 cm³/mol. The molecule has 2 aromatic carbocycles. The van der Waals surface area contributed by atoms with E-state index in [1.807, 2.05) is 0 Å². The van der Waals surface area contributed by atoms with Crippen molar-refractivity contribution < 1.29 is 19.4 Å². The lowest BCUT2D eigenvalue weighted by Crippen LogP contribution is -2.15. The molecular formula is C19H16BrClN4O4S. The normalized spacial score (nSPS) is 10.6. The lowest BCUT2D eigenvalue weighted by molar-refractivity contribution is -0.113. The Labute approximate surface area is 189 Å². The van der Waals surface area contributed by atoms with Crippen LogP contribution < -0.4 is 5.32 Å². The number of aromatic amines is 1. The van der Waals surface area contributed by atoms with Crippen LogP contribution in [0.3, 0.4) is 0 Å². The van der Waals surface area contributed by atoms with Gasteiger partial charge in [0, 0.05) is 10.2 Å². The molecule has 0 aliphatic carbocycles. The molecule has 0 saturated heterocycles. The molecule has 30 heavy (non-hydrogen) atoms. The first kappa shape index (κ1) is 22.1. The van der Waals surface area contributed by atoms with Gasteiger partial charge in [-0.25, -0.2) is 9.78 Å². The van der Waals surface area contributed by atoms with Gasteiger partial charge in [0.05, 0.1) is 28.5 Å². The number of carbonyl (C=O) groups is 2. The number of carbonyl (C=O) groups excluding carboxylic acids is 2. The van der Waals surface area contributed by atoms with E-state index in [-0.39, 0.29) is 34.6 Å². The van der Waals surface area contributed by atoms with Gasteiger partial charge in [-0.2, -0.15) is 0 Å². The Bertz CT molecular complexity index is 1090. The van der Waals surface area contributed by atoms with Gasteiger partial charge in [0.15, 0.2) is 5.82 Å². The first-order valence-electron chi connectivity index (χ1n) is 8.68. The highest BCUT2D eigenvalue weighted by Crippen LogP contribution is 2.30. The molecule has 8 nitrogen and oxygen atoms in total. The molecule has 0 fully saturated rings. The van der Waals surface area contributed by atoms with Crippen molar-refractivity contribution in [3.63, 3.8) is 0 Å². The summed E-state index contributed by atoms with van der Waals surface area (Å²) in [5, 5.41) is 20.1. The number of nitrogens with zero attached hydrogens (tertiary/aromatic N) is 2. The molecule has 1 aromatic heterocycles. The van der Waals surface area contributed by atoms with Crippen LogP contribution in [0.5, 0.6) is 5.75 Å².